The van der Waals surface area contributed by atoms with Gasteiger partial charge >= 0.3 is 5.97 Å². The molecule has 0 aromatic carbocycles. The van der Waals surface area contributed by atoms with E-state index in [2.05, 4.69) is 31.1 Å². The molecule has 72 valence electrons. The highest BCUT2D eigenvalue weighted by Crippen LogP contribution is 2.15. The van der Waals surface area contributed by atoms with Gasteiger partial charge in [-0.15, -0.1) is 0 Å². The molecule has 13 heavy (non-hydrogen) atoms. The van der Waals surface area contributed by atoms with Crippen LogP contribution in [0.3, 0.4) is 0 Å². The molecule has 0 radical (unpaired) electrons. The molecule has 0 saturated heterocycles. The molecule has 0 aliphatic carbocycles. The third-order valence-corrected chi connectivity index (χ3v) is 1.38. The van der Waals surface area contributed by atoms with Crippen molar-refractivity contribution in [2.45, 2.75) is 18.2 Å². The molecule has 1 heterocycles. The lowest BCUT2D eigenvalue weighted by Crippen LogP contribution is -2.22. The van der Waals surface area contributed by atoms with Gasteiger partial charge in [-0.1, -0.05) is 15.9 Å². The van der Waals surface area contributed by atoms with Gasteiger partial charge in [0.1, 0.15) is 12.9 Å². The monoisotopic (exact) mass is 247 g/mol. The van der Waals surface area contributed by atoms with E-state index < -0.39 is 5.97 Å². The van der Waals surface area contributed by atoms with Crippen LogP contribution in [-0.4, -0.2) is 32.1 Å². The molecular weight excluding hydrogens is 238 g/mol. The van der Waals surface area contributed by atoms with E-state index in [1.807, 2.05) is 13.8 Å². The quantitative estimate of drug-likeness (QED) is 0.643. The van der Waals surface area contributed by atoms with Gasteiger partial charge in [0.05, 0.1) is 4.32 Å². The van der Waals surface area contributed by atoms with Crippen LogP contribution in [-0.2, 0) is 4.74 Å². The summed E-state index contributed by atoms with van der Waals surface area (Å²) in [4.78, 5) is 14.8. The smallest absolute Gasteiger partial charge is 0.375 e. The lowest BCUT2D eigenvalue weighted by Gasteiger charge is -2.14. The van der Waals surface area contributed by atoms with E-state index in [-0.39, 0.29) is 16.8 Å². The molecule has 1 rings (SSSR count). The summed E-state index contributed by atoms with van der Waals surface area (Å²) in [5.74, 6) is -0.373. The molecule has 0 bridgehead atoms. The van der Waals surface area contributed by atoms with Crippen molar-refractivity contribution in [1.29, 1.82) is 0 Å². The highest BCUT2D eigenvalue weighted by Gasteiger charge is 2.17. The zero-order valence-corrected chi connectivity index (χ0v) is 8.96. The van der Waals surface area contributed by atoms with Crippen molar-refractivity contribution in [1.82, 2.24) is 15.2 Å². The van der Waals surface area contributed by atoms with E-state index in [1.54, 1.807) is 0 Å². The minimum absolute atomic E-state index is 0.122. The van der Waals surface area contributed by atoms with Crippen LogP contribution in [0.2, 0.25) is 0 Å². The number of carbonyl (C=O) groups is 1. The first-order chi connectivity index (χ1) is 5.99. The zero-order chi connectivity index (χ0) is 9.90. The summed E-state index contributed by atoms with van der Waals surface area (Å²) in [6, 6.07) is 0. The van der Waals surface area contributed by atoms with Crippen molar-refractivity contribution in [3.05, 3.63) is 12.2 Å². The molecule has 0 amide bonds. The predicted molar refractivity (Wildman–Crippen MR) is 49.7 cm³/mol. The van der Waals surface area contributed by atoms with Gasteiger partial charge in [-0.25, -0.2) is 9.78 Å². The summed E-state index contributed by atoms with van der Waals surface area (Å²) in [6.07, 6.45) is 1.26. The van der Waals surface area contributed by atoms with Gasteiger partial charge in [0, 0.05) is 0 Å². The highest BCUT2D eigenvalue weighted by molar-refractivity contribution is 9.10. The zero-order valence-electron chi connectivity index (χ0n) is 7.37. The Balaban J connectivity index is 2.44. The van der Waals surface area contributed by atoms with Gasteiger partial charge < -0.3 is 4.74 Å². The van der Waals surface area contributed by atoms with Gasteiger partial charge in [0.15, 0.2) is 0 Å². The SMILES string of the molecule is CC(C)(Br)COC(=O)c1ncn[nH]1. The molecule has 0 spiro atoms. The largest absolute Gasteiger partial charge is 0.458 e. The minimum atomic E-state index is -0.495. The van der Waals surface area contributed by atoms with E-state index in [4.69, 9.17) is 4.74 Å². The maximum absolute atomic E-state index is 11.2. The summed E-state index contributed by atoms with van der Waals surface area (Å²) >= 11 is 3.35. The molecular formula is C7H10BrN3O2. The van der Waals surface area contributed by atoms with E-state index in [0.717, 1.165) is 0 Å². The van der Waals surface area contributed by atoms with E-state index >= 15 is 0 Å². The van der Waals surface area contributed by atoms with Crippen LogP contribution < -0.4 is 0 Å². The van der Waals surface area contributed by atoms with Crippen LogP contribution in [0.1, 0.15) is 24.5 Å². The van der Waals surface area contributed by atoms with Crippen LogP contribution in [0.25, 0.3) is 0 Å². The molecule has 1 aromatic rings. The van der Waals surface area contributed by atoms with Gasteiger partial charge in [0.2, 0.25) is 5.82 Å². The number of hydrogen-bond donors (Lipinski definition) is 1. The highest BCUT2D eigenvalue weighted by atomic mass is 79.9. The Kier molecular flexibility index (Phi) is 3.02. The standard InChI is InChI=1S/C7H10BrN3O2/c1-7(2,8)3-13-6(12)5-9-4-10-11-5/h4H,3H2,1-2H3,(H,9,10,11). The van der Waals surface area contributed by atoms with Crippen molar-refractivity contribution in [3.8, 4) is 0 Å². The number of halogens is 1. The molecule has 0 aliphatic heterocycles. The maximum Gasteiger partial charge on any atom is 0.375 e. The third kappa shape index (κ3) is 3.54. The number of hydrogen-bond acceptors (Lipinski definition) is 4. The number of H-pyrrole nitrogens is 1. The summed E-state index contributed by atoms with van der Waals surface area (Å²) in [5, 5.41) is 5.96. The Bertz CT molecular complexity index is 278. The van der Waals surface area contributed by atoms with E-state index in [0.29, 0.717) is 0 Å². The maximum atomic E-state index is 11.2. The normalized spacial score (nSPS) is 11.3. The number of alkyl halides is 1. The molecule has 5 nitrogen and oxygen atoms in total. The Labute approximate surface area is 84.0 Å². The minimum Gasteiger partial charge on any atom is -0.458 e. The van der Waals surface area contributed by atoms with Gasteiger partial charge in [-0.05, 0) is 13.8 Å². The van der Waals surface area contributed by atoms with Crippen molar-refractivity contribution in [2.75, 3.05) is 6.61 Å². The molecule has 1 N–H and O–H groups in total. The van der Waals surface area contributed by atoms with Crippen LogP contribution >= 0.6 is 15.9 Å². The lowest BCUT2D eigenvalue weighted by atomic mass is 10.2. The van der Waals surface area contributed by atoms with E-state index in [9.17, 15) is 4.79 Å². The summed E-state index contributed by atoms with van der Waals surface area (Å²) < 4.78 is 4.71. The van der Waals surface area contributed by atoms with Crippen LogP contribution in [0.15, 0.2) is 6.33 Å². The average Bonchev–Trinajstić information content (AvgIpc) is 2.50. The van der Waals surface area contributed by atoms with Gasteiger partial charge in [-0.2, -0.15) is 5.10 Å². The first kappa shape index (κ1) is 10.2. The number of nitrogens with zero attached hydrogens (tertiary/aromatic N) is 2. The molecule has 0 fully saturated rings. The first-order valence-electron chi connectivity index (χ1n) is 3.70. The fraction of sp³-hybridized carbons (Fsp3) is 0.571. The average molecular weight is 248 g/mol. The van der Waals surface area contributed by atoms with E-state index in [1.165, 1.54) is 6.33 Å². The number of aromatic nitrogens is 3. The van der Waals surface area contributed by atoms with Crippen molar-refractivity contribution < 1.29 is 9.53 Å². The fourth-order valence-corrected chi connectivity index (χ4v) is 0.724. The molecule has 1 aromatic heterocycles. The molecule has 0 saturated carbocycles. The third-order valence-electron chi connectivity index (χ3n) is 1.15. The fourth-order valence-electron chi connectivity index (χ4n) is 0.609. The summed E-state index contributed by atoms with van der Waals surface area (Å²) in [5.41, 5.74) is 0. The predicted octanol–water partition coefficient (Wildman–Crippen LogP) is 1.14. The number of rotatable bonds is 3. The number of ether oxygens (including phenoxy) is 1. The first-order valence-corrected chi connectivity index (χ1v) is 4.50. The topological polar surface area (TPSA) is 67.9 Å². The Morgan fingerprint density at radius 2 is 2.46 bits per heavy atom. The summed E-state index contributed by atoms with van der Waals surface area (Å²) in [7, 11) is 0. The second kappa shape index (κ2) is 3.87. The van der Waals surface area contributed by atoms with Gasteiger partial charge in [-0.3, -0.25) is 5.10 Å². The molecule has 0 atom stereocenters. The van der Waals surface area contributed by atoms with Gasteiger partial charge in [0.25, 0.3) is 0 Å². The Morgan fingerprint density at radius 3 is 2.92 bits per heavy atom. The number of esters is 1. The van der Waals surface area contributed by atoms with Crippen molar-refractivity contribution >= 4 is 21.9 Å². The number of nitrogens with one attached hydrogen (secondary N) is 1. The molecule has 0 unspecified atom stereocenters. The van der Waals surface area contributed by atoms with Crippen LogP contribution in [0, 0.1) is 0 Å². The Morgan fingerprint density at radius 1 is 1.77 bits per heavy atom. The number of carbonyl (C=O) groups excluding carboxylic acids is 1. The van der Waals surface area contributed by atoms with Crippen molar-refractivity contribution in [3.63, 3.8) is 0 Å². The van der Waals surface area contributed by atoms with Crippen LogP contribution in [0.5, 0.6) is 0 Å². The Hall–Kier alpha value is -0.910. The van der Waals surface area contributed by atoms with Crippen LogP contribution in [0.4, 0.5) is 0 Å². The lowest BCUT2D eigenvalue weighted by molar-refractivity contribution is 0.0467. The van der Waals surface area contributed by atoms with Crippen molar-refractivity contribution in [2.24, 2.45) is 0 Å². The summed E-state index contributed by atoms with van der Waals surface area (Å²) in [6.45, 7) is 4.09. The number of aromatic amines is 1. The molecule has 0 aliphatic rings. The second-order valence-corrected chi connectivity index (χ2v) is 5.28. The second-order valence-electron chi connectivity index (χ2n) is 3.13. The molecule has 6 heteroatoms.